The van der Waals surface area contributed by atoms with Crippen molar-refractivity contribution in [3.05, 3.63) is 48.3 Å². The summed E-state index contributed by atoms with van der Waals surface area (Å²) in [5.41, 5.74) is 2.83. The summed E-state index contributed by atoms with van der Waals surface area (Å²) in [6, 6.07) is 9.13. The molecule has 6 nitrogen and oxygen atoms in total. The van der Waals surface area contributed by atoms with Crippen molar-refractivity contribution in [2.45, 2.75) is 6.10 Å². The fourth-order valence-electron chi connectivity index (χ4n) is 1.57. The second-order valence-electron chi connectivity index (χ2n) is 3.77. The van der Waals surface area contributed by atoms with Gasteiger partial charge in [-0.05, 0) is 0 Å². The van der Waals surface area contributed by atoms with Crippen molar-refractivity contribution in [3.8, 4) is 5.75 Å². The number of benzene rings is 1. The topological polar surface area (TPSA) is 82.2 Å². The minimum absolute atomic E-state index is 0.412. The zero-order chi connectivity index (χ0) is 13.0. The van der Waals surface area contributed by atoms with E-state index in [-0.39, 0.29) is 0 Å². The van der Waals surface area contributed by atoms with Crippen molar-refractivity contribution < 1.29 is 9.53 Å². The highest BCUT2D eigenvalue weighted by molar-refractivity contribution is 5.81. The van der Waals surface area contributed by atoms with Crippen LogP contribution >= 0.6 is 0 Å². The van der Waals surface area contributed by atoms with Crippen molar-refractivity contribution in [2.24, 2.45) is 12.9 Å². The molecular formula is C12H14N4O2. The Bertz CT molecular complexity index is 524. The van der Waals surface area contributed by atoms with E-state index in [1.165, 1.54) is 0 Å². The lowest BCUT2D eigenvalue weighted by atomic mass is 10.1. The van der Waals surface area contributed by atoms with Crippen molar-refractivity contribution in [1.29, 1.82) is 0 Å². The Morgan fingerprint density at radius 1 is 1.44 bits per heavy atom. The number of hydrazine groups is 1. The second-order valence-corrected chi connectivity index (χ2v) is 3.77. The maximum atomic E-state index is 11.7. The number of aryl methyl sites for hydroxylation is 1. The van der Waals surface area contributed by atoms with Gasteiger partial charge in [-0.2, -0.15) is 5.10 Å². The van der Waals surface area contributed by atoms with E-state index in [1.807, 2.05) is 18.2 Å². The van der Waals surface area contributed by atoms with Crippen LogP contribution in [0.4, 0.5) is 0 Å². The number of carbonyl (C=O) groups is 1. The molecule has 0 fully saturated rings. The van der Waals surface area contributed by atoms with Crippen LogP contribution in [0.3, 0.4) is 0 Å². The Kier molecular flexibility index (Phi) is 3.59. The van der Waals surface area contributed by atoms with Gasteiger partial charge >= 0.3 is 0 Å². The first-order chi connectivity index (χ1) is 8.70. The number of aromatic nitrogens is 2. The zero-order valence-electron chi connectivity index (χ0n) is 9.91. The van der Waals surface area contributed by atoms with Crippen molar-refractivity contribution in [2.75, 3.05) is 0 Å². The number of amides is 1. The Morgan fingerprint density at radius 3 is 2.72 bits per heavy atom. The van der Waals surface area contributed by atoms with E-state index in [2.05, 4.69) is 10.5 Å². The van der Waals surface area contributed by atoms with Gasteiger partial charge in [0.05, 0.1) is 12.4 Å². The summed E-state index contributed by atoms with van der Waals surface area (Å²) in [5.74, 6) is 5.27. The molecule has 18 heavy (non-hydrogen) atoms. The number of hydrogen-bond acceptors (Lipinski definition) is 4. The molecule has 3 N–H and O–H groups in total. The smallest absolute Gasteiger partial charge is 0.279 e. The molecule has 94 valence electrons. The molecule has 2 aromatic rings. The SMILES string of the molecule is Cn1cc(OC(C(=O)NN)c2ccccc2)cn1. The lowest BCUT2D eigenvalue weighted by Gasteiger charge is -2.16. The normalized spacial score (nSPS) is 11.9. The van der Waals surface area contributed by atoms with Crippen molar-refractivity contribution in [1.82, 2.24) is 15.2 Å². The van der Waals surface area contributed by atoms with E-state index < -0.39 is 12.0 Å². The van der Waals surface area contributed by atoms with Crippen LogP contribution < -0.4 is 16.0 Å². The molecule has 0 bridgehead atoms. The van der Waals surface area contributed by atoms with E-state index in [4.69, 9.17) is 10.6 Å². The van der Waals surface area contributed by atoms with Gasteiger partial charge in [-0.15, -0.1) is 0 Å². The van der Waals surface area contributed by atoms with Gasteiger partial charge in [0, 0.05) is 12.6 Å². The number of rotatable bonds is 4. The first-order valence-electron chi connectivity index (χ1n) is 5.41. The molecule has 1 aromatic heterocycles. The minimum atomic E-state index is -0.791. The first kappa shape index (κ1) is 12.1. The largest absolute Gasteiger partial charge is 0.472 e. The maximum absolute atomic E-state index is 11.7. The van der Waals surface area contributed by atoms with Gasteiger partial charge in [0.15, 0.2) is 5.75 Å². The predicted octanol–water partition coefficient (Wildman–Crippen LogP) is 0.530. The van der Waals surface area contributed by atoms with E-state index in [0.29, 0.717) is 5.75 Å². The third-order valence-electron chi connectivity index (χ3n) is 2.42. The molecule has 0 aliphatic heterocycles. The Labute approximate surface area is 104 Å². The zero-order valence-corrected chi connectivity index (χ0v) is 9.91. The average molecular weight is 246 g/mol. The second kappa shape index (κ2) is 5.33. The number of ether oxygens (including phenoxy) is 1. The average Bonchev–Trinajstić information content (AvgIpc) is 2.82. The molecule has 0 radical (unpaired) electrons. The van der Waals surface area contributed by atoms with Crippen LogP contribution in [0, 0.1) is 0 Å². The van der Waals surface area contributed by atoms with Gasteiger partial charge in [0.2, 0.25) is 6.10 Å². The molecule has 0 saturated carbocycles. The number of nitrogens with zero attached hydrogens (tertiary/aromatic N) is 2. The van der Waals surface area contributed by atoms with Gasteiger partial charge in [-0.3, -0.25) is 14.9 Å². The van der Waals surface area contributed by atoms with Crippen LogP contribution in [-0.4, -0.2) is 15.7 Å². The van der Waals surface area contributed by atoms with Gasteiger partial charge in [0.1, 0.15) is 0 Å². The molecule has 1 heterocycles. The standard InChI is InChI=1S/C12H14N4O2/c1-16-8-10(7-14-16)18-11(12(17)15-13)9-5-3-2-4-6-9/h2-8,11H,13H2,1H3,(H,15,17). The van der Waals surface area contributed by atoms with Crippen LogP contribution in [0.25, 0.3) is 0 Å². The van der Waals surface area contributed by atoms with Gasteiger partial charge < -0.3 is 4.74 Å². The third kappa shape index (κ3) is 2.67. The highest BCUT2D eigenvalue weighted by atomic mass is 16.5. The van der Waals surface area contributed by atoms with E-state index in [9.17, 15) is 4.79 Å². The number of carbonyl (C=O) groups excluding carboxylic acids is 1. The maximum Gasteiger partial charge on any atom is 0.279 e. The molecule has 6 heteroatoms. The van der Waals surface area contributed by atoms with Crippen LogP contribution in [0.5, 0.6) is 5.75 Å². The van der Waals surface area contributed by atoms with Crippen molar-refractivity contribution in [3.63, 3.8) is 0 Å². The van der Waals surface area contributed by atoms with Gasteiger partial charge in [-0.1, -0.05) is 30.3 Å². The fourth-order valence-corrected chi connectivity index (χ4v) is 1.57. The van der Waals surface area contributed by atoms with Crippen LogP contribution in [0.2, 0.25) is 0 Å². The van der Waals surface area contributed by atoms with Crippen LogP contribution in [-0.2, 0) is 11.8 Å². The third-order valence-corrected chi connectivity index (χ3v) is 2.42. The first-order valence-corrected chi connectivity index (χ1v) is 5.41. The van der Waals surface area contributed by atoms with Crippen molar-refractivity contribution >= 4 is 5.91 Å². The summed E-state index contributed by atoms with van der Waals surface area (Å²) in [6.45, 7) is 0. The molecule has 0 aliphatic carbocycles. The molecule has 0 saturated heterocycles. The number of hydrogen-bond donors (Lipinski definition) is 2. The molecule has 0 spiro atoms. The van der Waals surface area contributed by atoms with E-state index >= 15 is 0 Å². The minimum Gasteiger partial charge on any atom is -0.472 e. The molecule has 1 aromatic carbocycles. The highest BCUT2D eigenvalue weighted by Gasteiger charge is 2.22. The van der Waals surface area contributed by atoms with Crippen LogP contribution in [0.1, 0.15) is 11.7 Å². The monoisotopic (exact) mass is 246 g/mol. The summed E-state index contributed by atoms with van der Waals surface area (Å²) < 4.78 is 7.19. The predicted molar refractivity (Wildman–Crippen MR) is 65.3 cm³/mol. The summed E-state index contributed by atoms with van der Waals surface area (Å²) in [7, 11) is 1.77. The Hall–Kier alpha value is -2.34. The van der Waals surface area contributed by atoms with Gasteiger partial charge in [0.25, 0.3) is 5.91 Å². The number of nitrogens with two attached hydrogens (primary N) is 1. The van der Waals surface area contributed by atoms with E-state index in [0.717, 1.165) is 5.56 Å². The molecule has 1 atom stereocenters. The molecule has 1 unspecified atom stereocenters. The highest BCUT2D eigenvalue weighted by Crippen LogP contribution is 2.21. The molecule has 0 aliphatic rings. The van der Waals surface area contributed by atoms with Gasteiger partial charge in [-0.25, -0.2) is 5.84 Å². The lowest BCUT2D eigenvalue weighted by molar-refractivity contribution is -0.128. The summed E-state index contributed by atoms with van der Waals surface area (Å²) >= 11 is 0. The Balaban J connectivity index is 2.24. The van der Waals surface area contributed by atoms with E-state index in [1.54, 1.807) is 36.3 Å². The summed E-state index contributed by atoms with van der Waals surface area (Å²) in [4.78, 5) is 11.7. The quantitative estimate of drug-likeness (QED) is 0.468. The Morgan fingerprint density at radius 2 is 2.17 bits per heavy atom. The van der Waals surface area contributed by atoms with Crippen LogP contribution in [0.15, 0.2) is 42.7 Å². The fraction of sp³-hybridized carbons (Fsp3) is 0.167. The number of nitrogens with one attached hydrogen (secondary N) is 1. The summed E-state index contributed by atoms with van der Waals surface area (Å²) in [6.07, 6.45) is 2.43. The summed E-state index contributed by atoms with van der Waals surface area (Å²) in [5, 5.41) is 3.98. The molecule has 1 amide bonds. The molecule has 2 rings (SSSR count). The molecular weight excluding hydrogens is 232 g/mol. The lowest BCUT2D eigenvalue weighted by Crippen LogP contribution is -2.37.